The Balaban J connectivity index is 1.36. The Morgan fingerprint density at radius 1 is 1.00 bits per heavy atom. The minimum atomic E-state index is -1.31. The SMILES string of the molecule is CCS(=O)c1ccccc1C(=O)OCC(=O)N(Cc1ccc(F)cc1)C12CC3CC(CC(C3)C1)C2. The maximum absolute atomic E-state index is 13.7. The summed E-state index contributed by atoms with van der Waals surface area (Å²) in [5, 5.41) is 0. The molecular formula is C28H32FNO4S. The fourth-order valence-electron chi connectivity index (χ4n) is 6.96. The van der Waals surface area contributed by atoms with Crippen molar-refractivity contribution in [2.75, 3.05) is 12.4 Å². The summed E-state index contributed by atoms with van der Waals surface area (Å²) in [6, 6.07) is 13.0. The summed E-state index contributed by atoms with van der Waals surface area (Å²) in [6.45, 7) is 1.80. The molecule has 35 heavy (non-hydrogen) atoms. The summed E-state index contributed by atoms with van der Waals surface area (Å²) in [5.41, 5.74) is 0.875. The number of halogens is 1. The molecule has 0 spiro atoms. The predicted octanol–water partition coefficient (Wildman–Crippen LogP) is 5.11. The van der Waals surface area contributed by atoms with E-state index in [2.05, 4.69) is 0 Å². The van der Waals surface area contributed by atoms with Crippen molar-refractivity contribution in [2.45, 2.75) is 62.4 Å². The van der Waals surface area contributed by atoms with Crippen LogP contribution in [0.4, 0.5) is 4.39 Å². The minimum absolute atomic E-state index is 0.223. The molecule has 2 aromatic carbocycles. The van der Waals surface area contributed by atoms with E-state index in [9.17, 15) is 18.2 Å². The molecule has 1 atom stereocenters. The highest BCUT2D eigenvalue weighted by Crippen LogP contribution is 2.58. The van der Waals surface area contributed by atoms with Crippen LogP contribution in [0.3, 0.4) is 0 Å². The van der Waals surface area contributed by atoms with Crippen LogP contribution in [0.1, 0.15) is 61.4 Å². The number of hydrogen-bond acceptors (Lipinski definition) is 4. The zero-order valence-corrected chi connectivity index (χ0v) is 20.9. The lowest BCUT2D eigenvalue weighted by Gasteiger charge is -2.60. The first-order valence-electron chi connectivity index (χ1n) is 12.6. The first kappa shape index (κ1) is 24.2. The molecule has 5 nitrogen and oxygen atoms in total. The van der Waals surface area contributed by atoms with Crippen molar-refractivity contribution in [1.82, 2.24) is 4.90 Å². The molecule has 4 saturated carbocycles. The van der Waals surface area contributed by atoms with Gasteiger partial charge in [-0.15, -0.1) is 0 Å². The minimum Gasteiger partial charge on any atom is -0.452 e. The lowest BCUT2D eigenvalue weighted by Crippen LogP contribution is -2.61. The van der Waals surface area contributed by atoms with Crippen LogP contribution in [0.25, 0.3) is 0 Å². The molecule has 4 bridgehead atoms. The number of carbonyl (C=O) groups excluding carboxylic acids is 2. The summed E-state index contributed by atoms with van der Waals surface area (Å²) in [6.07, 6.45) is 6.70. The zero-order chi connectivity index (χ0) is 24.6. The molecule has 4 aliphatic rings. The Labute approximate surface area is 208 Å². The summed E-state index contributed by atoms with van der Waals surface area (Å²) in [4.78, 5) is 28.9. The van der Waals surface area contributed by atoms with Crippen LogP contribution >= 0.6 is 0 Å². The van der Waals surface area contributed by atoms with Crippen molar-refractivity contribution >= 4 is 22.7 Å². The topological polar surface area (TPSA) is 63.7 Å². The third-order valence-electron chi connectivity index (χ3n) is 8.07. The van der Waals surface area contributed by atoms with Gasteiger partial charge in [-0.25, -0.2) is 9.18 Å². The summed E-state index contributed by atoms with van der Waals surface area (Å²) in [7, 11) is -1.31. The van der Waals surface area contributed by atoms with E-state index in [1.54, 1.807) is 43.3 Å². The Kier molecular flexibility index (Phi) is 6.80. The van der Waals surface area contributed by atoms with Crippen LogP contribution in [0, 0.1) is 23.6 Å². The van der Waals surface area contributed by atoms with Crippen LogP contribution in [0.5, 0.6) is 0 Å². The van der Waals surface area contributed by atoms with E-state index < -0.39 is 16.8 Å². The highest BCUT2D eigenvalue weighted by molar-refractivity contribution is 7.85. The molecule has 4 fully saturated rings. The van der Waals surface area contributed by atoms with Crippen molar-refractivity contribution in [3.8, 4) is 0 Å². The van der Waals surface area contributed by atoms with Gasteiger partial charge in [-0.1, -0.05) is 31.2 Å². The van der Waals surface area contributed by atoms with Crippen molar-refractivity contribution in [2.24, 2.45) is 17.8 Å². The van der Waals surface area contributed by atoms with Gasteiger partial charge >= 0.3 is 5.97 Å². The van der Waals surface area contributed by atoms with Gasteiger partial charge in [0, 0.05) is 17.8 Å². The van der Waals surface area contributed by atoms with Crippen molar-refractivity contribution < 1.29 is 22.9 Å². The number of rotatable bonds is 8. The van der Waals surface area contributed by atoms with Gasteiger partial charge in [0.1, 0.15) is 5.82 Å². The number of carbonyl (C=O) groups is 2. The molecule has 0 N–H and O–H groups in total. The fourth-order valence-corrected chi connectivity index (χ4v) is 7.90. The van der Waals surface area contributed by atoms with Gasteiger partial charge in [-0.2, -0.15) is 0 Å². The average Bonchev–Trinajstić information content (AvgIpc) is 2.85. The van der Waals surface area contributed by atoms with Crippen LogP contribution in [-0.2, 0) is 26.9 Å². The van der Waals surface area contributed by atoms with Crippen molar-refractivity contribution in [3.05, 3.63) is 65.5 Å². The first-order chi connectivity index (χ1) is 16.9. The quantitative estimate of drug-likeness (QED) is 0.476. The molecule has 0 saturated heterocycles. The fraction of sp³-hybridized carbons (Fsp3) is 0.500. The van der Waals surface area contributed by atoms with E-state index in [0.717, 1.165) is 24.8 Å². The van der Waals surface area contributed by atoms with E-state index in [-0.39, 0.29) is 29.4 Å². The van der Waals surface area contributed by atoms with Crippen LogP contribution < -0.4 is 0 Å². The lowest BCUT2D eigenvalue weighted by molar-refractivity contribution is -0.155. The largest absolute Gasteiger partial charge is 0.452 e. The normalized spacial score (nSPS) is 27.4. The Morgan fingerprint density at radius 3 is 2.20 bits per heavy atom. The molecule has 0 aromatic heterocycles. The Hall–Kier alpha value is -2.54. The maximum Gasteiger partial charge on any atom is 0.339 e. The third kappa shape index (κ3) is 4.92. The van der Waals surface area contributed by atoms with E-state index in [1.165, 1.54) is 31.4 Å². The van der Waals surface area contributed by atoms with Gasteiger partial charge < -0.3 is 9.64 Å². The Morgan fingerprint density at radius 2 is 1.60 bits per heavy atom. The molecule has 186 valence electrons. The maximum atomic E-state index is 13.7. The highest BCUT2D eigenvalue weighted by Gasteiger charge is 2.54. The summed E-state index contributed by atoms with van der Waals surface area (Å²) in [5.74, 6) is 1.15. The number of ether oxygens (including phenoxy) is 1. The monoisotopic (exact) mass is 497 g/mol. The summed E-state index contributed by atoms with van der Waals surface area (Å²) < 4.78 is 31.4. The molecule has 0 aliphatic heterocycles. The second-order valence-electron chi connectivity index (χ2n) is 10.5. The molecule has 0 radical (unpaired) electrons. The van der Waals surface area contributed by atoms with Gasteiger partial charge in [0.25, 0.3) is 5.91 Å². The number of esters is 1. The molecule has 4 aliphatic carbocycles. The smallest absolute Gasteiger partial charge is 0.339 e. The van der Waals surface area contributed by atoms with Gasteiger partial charge in [0.05, 0.1) is 21.3 Å². The Bertz CT molecular complexity index is 1100. The molecule has 6 rings (SSSR count). The van der Waals surface area contributed by atoms with Crippen LogP contribution in [0.15, 0.2) is 53.4 Å². The summed E-state index contributed by atoms with van der Waals surface area (Å²) >= 11 is 0. The van der Waals surface area contributed by atoms with E-state index >= 15 is 0 Å². The van der Waals surface area contributed by atoms with E-state index in [1.807, 2.05) is 4.90 Å². The predicted molar refractivity (Wildman–Crippen MR) is 132 cm³/mol. The van der Waals surface area contributed by atoms with Crippen LogP contribution in [0.2, 0.25) is 0 Å². The molecule has 0 heterocycles. The highest BCUT2D eigenvalue weighted by atomic mass is 32.2. The van der Waals surface area contributed by atoms with Gasteiger partial charge in [-0.05, 0) is 86.1 Å². The second-order valence-corrected chi connectivity index (χ2v) is 12.2. The van der Waals surface area contributed by atoms with E-state index in [4.69, 9.17) is 4.74 Å². The van der Waals surface area contributed by atoms with Crippen molar-refractivity contribution in [1.29, 1.82) is 0 Å². The number of nitrogens with zero attached hydrogens (tertiary/aromatic N) is 1. The van der Waals surface area contributed by atoms with Gasteiger partial charge in [-0.3, -0.25) is 9.00 Å². The molecule has 7 heteroatoms. The van der Waals surface area contributed by atoms with Crippen LogP contribution in [-0.4, -0.2) is 38.9 Å². The average molecular weight is 498 g/mol. The third-order valence-corrected chi connectivity index (χ3v) is 9.45. The number of hydrogen-bond donors (Lipinski definition) is 0. The van der Waals surface area contributed by atoms with Gasteiger partial charge in [0.15, 0.2) is 6.61 Å². The van der Waals surface area contributed by atoms with Crippen molar-refractivity contribution in [3.63, 3.8) is 0 Å². The molecule has 1 unspecified atom stereocenters. The second kappa shape index (κ2) is 9.84. The van der Waals surface area contributed by atoms with Gasteiger partial charge in [0.2, 0.25) is 0 Å². The van der Waals surface area contributed by atoms with E-state index in [0.29, 0.717) is 34.9 Å². The standard InChI is InChI=1S/C28H32FNO4S/c1-2-35(33)25-6-4-3-5-24(25)27(32)34-18-26(31)30(17-19-7-9-23(29)10-8-19)28-14-20-11-21(15-28)13-22(12-20)16-28/h3-10,20-22H,2,11-18H2,1H3. The number of amides is 1. The number of benzene rings is 2. The molecular weight excluding hydrogens is 465 g/mol. The lowest BCUT2D eigenvalue weighted by atomic mass is 9.52. The molecule has 1 amide bonds. The zero-order valence-electron chi connectivity index (χ0n) is 20.1. The molecule has 2 aromatic rings. The first-order valence-corrected chi connectivity index (χ1v) is 13.9.